The number of rotatable bonds is 3. The maximum atomic E-state index is 13.4. The number of halogens is 1. The Morgan fingerprint density at radius 1 is 1.00 bits per heavy atom. The highest BCUT2D eigenvalue weighted by Gasteiger charge is 2.50. The van der Waals surface area contributed by atoms with E-state index in [1.165, 1.54) is 0 Å². The summed E-state index contributed by atoms with van der Waals surface area (Å²) in [5, 5.41) is 3.85. The maximum Gasteiger partial charge on any atom is 0.325 e. The van der Waals surface area contributed by atoms with Gasteiger partial charge in [-0.2, -0.15) is 0 Å². The Hall–Kier alpha value is -3.71. The molecule has 2 atom stereocenters. The van der Waals surface area contributed by atoms with Crippen LogP contribution in [0.2, 0.25) is 5.02 Å². The fourth-order valence-electron chi connectivity index (χ4n) is 5.67. The van der Waals surface area contributed by atoms with Crippen LogP contribution in [0.4, 0.5) is 16.2 Å². The van der Waals surface area contributed by atoms with Crippen LogP contribution in [0.15, 0.2) is 66.7 Å². The highest BCUT2D eigenvalue weighted by molar-refractivity contribution is 6.30. The van der Waals surface area contributed by atoms with Gasteiger partial charge in [-0.25, -0.2) is 4.79 Å². The quantitative estimate of drug-likeness (QED) is 0.507. The lowest BCUT2D eigenvalue weighted by atomic mass is 9.89. The van der Waals surface area contributed by atoms with Gasteiger partial charge >= 0.3 is 6.03 Å². The molecule has 3 aliphatic rings. The van der Waals surface area contributed by atoms with Gasteiger partial charge < -0.3 is 19.9 Å². The standard InChI is InChI=1S/C29H29ClN4O3/c1-19-6-11-26-24(16-19)25-18-29(2,37-26)34(28(36)31-25)23-5-3-4-20(17-23)27(35)33-14-12-32(13-15-33)22-9-7-21(30)8-10-22/h3-11,16-17,25H,12-15,18H2,1-2H3,(H,31,36)/t25-,29-/m1/s1. The number of anilines is 2. The van der Waals surface area contributed by atoms with Gasteiger partial charge in [-0.3, -0.25) is 9.69 Å². The summed E-state index contributed by atoms with van der Waals surface area (Å²) >= 11 is 6.02. The Bertz CT molecular complexity index is 1370. The predicted octanol–water partition coefficient (Wildman–Crippen LogP) is 5.38. The zero-order valence-electron chi connectivity index (χ0n) is 20.9. The monoisotopic (exact) mass is 516 g/mol. The molecule has 3 aliphatic heterocycles. The van der Waals surface area contributed by atoms with E-state index in [4.69, 9.17) is 16.3 Å². The molecular formula is C29H29ClN4O3. The summed E-state index contributed by atoms with van der Waals surface area (Å²) < 4.78 is 6.42. The second-order valence-electron chi connectivity index (χ2n) is 10.2. The van der Waals surface area contributed by atoms with Gasteiger partial charge in [-0.15, -0.1) is 0 Å². The van der Waals surface area contributed by atoms with Gasteiger partial charge in [0.1, 0.15) is 5.75 Å². The molecule has 2 saturated heterocycles. The molecule has 0 unspecified atom stereocenters. The Morgan fingerprint density at radius 3 is 2.51 bits per heavy atom. The smallest absolute Gasteiger partial charge is 0.325 e. The minimum absolute atomic E-state index is 0.0385. The number of amides is 3. The van der Waals surface area contributed by atoms with E-state index in [1.807, 2.05) is 73.3 Å². The molecule has 3 amide bonds. The molecule has 190 valence electrons. The summed E-state index contributed by atoms with van der Waals surface area (Å²) in [4.78, 5) is 32.5. The fraction of sp³-hybridized carbons (Fsp3) is 0.310. The number of hydrogen-bond donors (Lipinski definition) is 1. The largest absolute Gasteiger partial charge is 0.467 e. The summed E-state index contributed by atoms with van der Waals surface area (Å²) in [5.41, 5.74) is 3.57. The van der Waals surface area contributed by atoms with Crippen LogP contribution in [0.3, 0.4) is 0 Å². The highest BCUT2D eigenvalue weighted by Crippen LogP contribution is 2.45. The van der Waals surface area contributed by atoms with E-state index in [-0.39, 0.29) is 18.0 Å². The number of carbonyl (C=O) groups is 2. The van der Waals surface area contributed by atoms with E-state index in [0.717, 1.165) is 35.7 Å². The molecule has 2 fully saturated rings. The summed E-state index contributed by atoms with van der Waals surface area (Å²) in [6.07, 6.45) is 0.611. The number of fused-ring (bicyclic) bond motifs is 4. The average molecular weight is 517 g/mol. The molecule has 6 rings (SSSR count). The van der Waals surface area contributed by atoms with Crippen molar-refractivity contribution >= 4 is 34.9 Å². The Balaban J connectivity index is 1.20. The Labute approximate surface area is 221 Å². The van der Waals surface area contributed by atoms with E-state index < -0.39 is 5.72 Å². The molecule has 0 spiro atoms. The molecule has 2 bridgehead atoms. The minimum atomic E-state index is -0.860. The number of carbonyl (C=O) groups excluding carboxylic acids is 2. The zero-order valence-corrected chi connectivity index (χ0v) is 21.7. The van der Waals surface area contributed by atoms with Crippen molar-refractivity contribution in [1.29, 1.82) is 0 Å². The van der Waals surface area contributed by atoms with E-state index in [9.17, 15) is 9.59 Å². The van der Waals surface area contributed by atoms with Gasteiger partial charge in [-0.1, -0.05) is 35.4 Å². The molecule has 0 radical (unpaired) electrons. The van der Waals surface area contributed by atoms with E-state index in [2.05, 4.69) is 16.3 Å². The van der Waals surface area contributed by atoms with E-state index in [1.54, 1.807) is 11.0 Å². The maximum absolute atomic E-state index is 13.4. The molecule has 7 nitrogen and oxygen atoms in total. The Kier molecular flexibility index (Phi) is 5.75. The topological polar surface area (TPSA) is 65.1 Å². The number of hydrogen-bond acceptors (Lipinski definition) is 4. The van der Waals surface area contributed by atoms with E-state index in [0.29, 0.717) is 35.8 Å². The van der Waals surface area contributed by atoms with Gasteiger partial charge in [0.2, 0.25) is 0 Å². The van der Waals surface area contributed by atoms with Crippen LogP contribution in [0.25, 0.3) is 0 Å². The van der Waals surface area contributed by atoms with Crippen molar-refractivity contribution in [2.45, 2.75) is 32.0 Å². The normalized spacial score (nSPS) is 22.7. The number of urea groups is 1. The summed E-state index contributed by atoms with van der Waals surface area (Å²) in [7, 11) is 0. The second-order valence-corrected chi connectivity index (χ2v) is 10.6. The van der Waals surface area contributed by atoms with Gasteiger partial charge in [0.15, 0.2) is 5.72 Å². The number of nitrogens with one attached hydrogen (secondary N) is 1. The number of nitrogens with zero attached hydrogens (tertiary/aromatic N) is 3. The second kappa shape index (κ2) is 8.99. The predicted molar refractivity (Wildman–Crippen MR) is 145 cm³/mol. The lowest BCUT2D eigenvalue weighted by molar-refractivity contribution is 0.0377. The molecule has 37 heavy (non-hydrogen) atoms. The Morgan fingerprint density at radius 2 is 1.76 bits per heavy atom. The first-order chi connectivity index (χ1) is 17.8. The molecule has 3 aromatic rings. The number of benzene rings is 3. The molecule has 8 heteroatoms. The molecular weight excluding hydrogens is 488 g/mol. The lowest BCUT2D eigenvalue weighted by Gasteiger charge is -2.50. The third-order valence-electron chi connectivity index (χ3n) is 7.54. The van der Waals surface area contributed by atoms with Crippen LogP contribution in [-0.2, 0) is 0 Å². The molecule has 3 heterocycles. The first-order valence-electron chi connectivity index (χ1n) is 12.6. The van der Waals surface area contributed by atoms with Gasteiger partial charge in [0, 0.05) is 54.4 Å². The summed E-state index contributed by atoms with van der Waals surface area (Å²) in [6, 6.07) is 20.8. The minimum Gasteiger partial charge on any atom is -0.467 e. The number of piperazine rings is 1. The van der Waals surface area contributed by atoms with Crippen LogP contribution < -0.4 is 19.9 Å². The molecule has 0 saturated carbocycles. The zero-order chi connectivity index (χ0) is 25.7. The van der Waals surface area contributed by atoms with Crippen molar-refractivity contribution in [1.82, 2.24) is 10.2 Å². The van der Waals surface area contributed by atoms with Crippen molar-refractivity contribution in [3.8, 4) is 5.75 Å². The van der Waals surface area contributed by atoms with Crippen LogP contribution in [0.5, 0.6) is 5.75 Å². The van der Waals surface area contributed by atoms with Crippen molar-refractivity contribution in [3.05, 3.63) is 88.4 Å². The lowest BCUT2D eigenvalue weighted by Crippen LogP contribution is -2.65. The molecule has 1 N–H and O–H groups in total. The van der Waals surface area contributed by atoms with Crippen molar-refractivity contribution in [3.63, 3.8) is 0 Å². The fourth-order valence-corrected chi connectivity index (χ4v) is 5.79. The number of ether oxygens (including phenoxy) is 1. The van der Waals surface area contributed by atoms with E-state index >= 15 is 0 Å². The van der Waals surface area contributed by atoms with Crippen LogP contribution in [0, 0.1) is 6.92 Å². The third kappa shape index (κ3) is 4.27. The van der Waals surface area contributed by atoms with Crippen molar-refractivity contribution < 1.29 is 14.3 Å². The average Bonchev–Trinajstić information content (AvgIpc) is 2.89. The first-order valence-corrected chi connectivity index (χ1v) is 13.0. The van der Waals surface area contributed by atoms with Crippen LogP contribution >= 0.6 is 11.6 Å². The summed E-state index contributed by atoms with van der Waals surface area (Å²) in [5.74, 6) is 0.739. The molecule has 3 aromatic carbocycles. The van der Waals surface area contributed by atoms with Crippen LogP contribution in [0.1, 0.15) is 40.9 Å². The first kappa shape index (κ1) is 23.7. The van der Waals surface area contributed by atoms with Gasteiger partial charge in [-0.05, 0) is 62.4 Å². The number of aryl methyl sites for hydroxylation is 1. The third-order valence-corrected chi connectivity index (χ3v) is 7.79. The van der Waals surface area contributed by atoms with Crippen molar-refractivity contribution in [2.24, 2.45) is 0 Å². The van der Waals surface area contributed by atoms with Crippen LogP contribution in [-0.4, -0.2) is 48.7 Å². The highest BCUT2D eigenvalue weighted by atomic mass is 35.5. The van der Waals surface area contributed by atoms with Crippen molar-refractivity contribution in [2.75, 3.05) is 36.0 Å². The SMILES string of the molecule is Cc1ccc2c(c1)[C@H]1C[C@@](C)(O2)N(c2cccc(C(=O)N3CCN(c4ccc(Cl)cc4)CC3)c2)C(=O)N1. The molecule has 0 aromatic heterocycles. The molecule has 0 aliphatic carbocycles. The summed E-state index contributed by atoms with van der Waals surface area (Å²) in [6.45, 7) is 6.70. The van der Waals surface area contributed by atoms with Gasteiger partial charge in [0.05, 0.1) is 11.7 Å². The van der Waals surface area contributed by atoms with Gasteiger partial charge in [0.25, 0.3) is 5.91 Å².